The van der Waals surface area contributed by atoms with Gasteiger partial charge in [-0.15, -0.1) is 0 Å². The lowest BCUT2D eigenvalue weighted by atomic mass is 10.1. The van der Waals surface area contributed by atoms with Crippen LogP contribution in [0.1, 0.15) is 21.5 Å². The van der Waals surface area contributed by atoms with E-state index in [1.54, 1.807) is 18.2 Å². The topological polar surface area (TPSA) is 26.3 Å². The van der Waals surface area contributed by atoms with E-state index in [4.69, 9.17) is 4.74 Å². The molecule has 0 amide bonds. The van der Waals surface area contributed by atoms with Crippen LogP contribution in [0.25, 0.3) is 0 Å². The van der Waals surface area contributed by atoms with Crippen molar-refractivity contribution in [3.8, 4) is 5.75 Å². The normalized spacial score (nSPS) is 10.3. The summed E-state index contributed by atoms with van der Waals surface area (Å²) in [6, 6.07) is 9.67. The molecule has 0 saturated heterocycles. The fourth-order valence-corrected chi connectivity index (χ4v) is 2.37. The Kier molecular flexibility index (Phi) is 4.32. The zero-order chi connectivity index (χ0) is 13.8. The van der Waals surface area contributed by atoms with E-state index in [0.29, 0.717) is 17.9 Å². The minimum atomic E-state index is -0.280. The molecule has 19 heavy (non-hydrogen) atoms. The van der Waals surface area contributed by atoms with Crippen molar-refractivity contribution in [2.45, 2.75) is 13.5 Å². The highest BCUT2D eigenvalue weighted by molar-refractivity contribution is 9.10. The van der Waals surface area contributed by atoms with Crippen molar-refractivity contribution < 1.29 is 13.9 Å². The molecule has 98 valence electrons. The SMILES string of the molecule is Cc1cc(Br)cc(C=O)c1OCc1ccc(F)cc1. The van der Waals surface area contributed by atoms with Gasteiger partial charge in [-0.2, -0.15) is 0 Å². The van der Waals surface area contributed by atoms with E-state index >= 15 is 0 Å². The summed E-state index contributed by atoms with van der Waals surface area (Å²) in [7, 11) is 0. The molecule has 0 aromatic heterocycles. The first-order valence-corrected chi connectivity index (χ1v) is 6.52. The van der Waals surface area contributed by atoms with Gasteiger partial charge in [-0.3, -0.25) is 4.79 Å². The van der Waals surface area contributed by atoms with Crippen molar-refractivity contribution >= 4 is 22.2 Å². The molecule has 0 radical (unpaired) electrons. The smallest absolute Gasteiger partial charge is 0.153 e. The number of rotatable bonds is 4. The van der Waals surface area contributed by atoms with Gasteiger partial charge in [-0.05, 0) is 42.3 Å². The molecule has 2 nitrogen and oxygen atoms in total. The van der Waals surface area contributed by atoms with E-state index in [1.807, 2.05) is 13.0 Å². The number of aryl methyl sites for hydroxylation is 1. The maximum Gasteiger partial charge on any atom is 0.153 e. The fraction of sp³-hybridized carbons (Fsp3) is 0.133. The molecule has 0 saturated carbocycles. The largest absolute Gasteiger partial charge is 0.488 e. The average molecular weight is 323 g/mol. The number of ether oxygens (including phenoxy) is 1. The third-order valence-electron chi connectivity index (χ3n) is 2.69. The van der Waals surface area contributed by atoms with Crippen LogP contribution in [0.4, 0.5) is 4.39 Å². The molecule has 4 heteroatoms. The third-order valence-corrected chi connectivity index (χ3v) is 3.15. The average Bonchev–Trinajstić information content (AvgIpc) is 2.39. The summed E-state index contributed by atoms with van der Waals surface area (Å²) < 4.78 is 19.3. The summed E-state index contributed by atoms with van der Waals surface area (Å²) in [4.78, 5) is 11.0. The van der Waals surface area contributed by atoms with E-state index < -0.39 is 0 Å². The van der Waals surface area contributed by atoms with Gasteiger partial charge < -0.3 is 4.74 Å². The molecule has 0 bridgehead atoms. The van der Waals surface area contributed by atoms with Gasteiger partial charge >= 0.3 is 0 Å². The molecule has 0 N–H and O–H groups in total. The minimum absolute atomic E-state index is 0.280. The predicted octanol–water partition coefficient (Wildman–Crippen LogP) is 4.29. The lowest BCUT2D eigenvalue weighted by Gasteiger charge is -2.12. The summed E-state index contributed by atoms with van der Waals surface area (Å²) in [5.74, 6) is 0.277. The lowest BCUT2D eigenvalue weighted by molar-refractivity contribution is 0.111. The second-order valence-corrected chi connectivity index (χ2v) is 5.09. The van der Waals surface area contributed by atoms with Crippen LogP contribution in [-0.4, -0.2) is 6.29 Å². The molecule has 0 unspecified atom stereocenters. The summed E-state index contributed by atoms with van der Waals surface area (Å²) in [5.41, 5.74) is 2.22. The zero-order valence-corrected chi connectivity index (χ0v) is 11.9. The Hall–Kier alpha value is -1.68. The first-order chi connectivity index (χ1) is 9.10. The quantitative estimate of drug-likeness (QED) is 0.785. The Balaban J connectivity index is 2.19. The predicted molar refractivity (Wildman–Crippen MR) is 75.0 cm³/mol. The number of halogens is 2. The Morgan fingerprint density at radius 2 is 1.95 bits per heavy atom. The third kappa shape index (κ3) is 3.41. The van der Waals surface area contributed by atoms with Crippen LogP contribution in [0.5, 0.6) is 5.75 Å². The standard InChI is InChI=1S/C15H12BrFO2/c1-10-6-13(16)7-12(8-18)15(10)19-9-11-2-4-14(17)5-3-11/h2-8H,9H2,1H3. The number of carbonyl (C=O) groups excluding carboxylic acids is 1. The second-order valence-electron chi connectivity index (χ2n) is 4.17. The molecule has 0 atom stereocenters. The van der Waals surface area contributed by atoms with Crippen molar-refractivity contribution in [3.05, 3.63) is 63.4 Å². The van der Waals surface area contributed by atoms with Crippen LogP contribution >= 0.6 is 15.9 Å². The van der Waals surface area contributed by atoms with Gasteiger partial charge in [-0.1, -0.05) is 28.1 Å². The van der Waals surface area contributed by atoms with Crippen LogP contribution in [-0.2, 0) is 6.61 Å². The van der Waals surface area contributed by atoms with Crippen molar-refractivity contribution in [2.24, 2.45) is 0 Å². The van der Waals surface area contributed by atoms with Gasteiger partial charge in [0.2, 0.25) is 0 Å². The van der Waals surface area contributed by atoms with E-state index in [9.17, 15) is 9.18 Å². The van der Waals surface area contributed by atoms with Crippen LogP contribution in [0.3, 0.4) is 0 Å². The molecular formula is C15H12BrFO2. The van der Waals surface area contributed by atoms with Gasteiger partial charge in [0.1, 0.15) is 18.2 Å². The van der Waals surface area contributed by atoms with Gasteiger partial charge in [0, 0.05) is 4.47 Å². The molecule has 2 aromatic carbocycles. The van der Waals surface area contributed by atoms with Crippen LogP contribution in [0, 0.1) is 12.7 Å². The number of benzene rings is 2. The van der Waals surface area contributed by atoms with Crippen molar-refractivity contribution in [3.63, 3.8) is 0 Å². The van der Waals surface area contributed by atoms with Crippen LogP contribution < -0.4 is 4.74 Å². The van der Waals surface area contributed by atoms with Crippen molar-refractivity contribution in [1.82, 2.24) is 0 Å². The highest BCUT2D eigenvalue weighted by Gasteiger charge is 2.08. The fourth-order valence-electron chi connectivity index (χ4n) is 1.78. The van der Waals surface area contributed by atoms with E-state index in [1.165, 1.54) is 12.1 Å². The number of carbonyl (C=O) groups is 1. The Morgan fingerprint density at radius 1 is 1.26 bits per heavy atom. The zero-order valence-electron chi connectivity index (χ0n) is 10.3. The maximum atomic E-state index is 12.8. The molecular weight excluding hydrogens is 311 g/mol. The van der Waals surface area contributed by atoms with Gasteiger partial charge in [0.25, 0.3) is 0 Å². The molecule has 0 aliphatic rings. The summed E-state index contributed by atoms with van der Waals surface area (Å²) in [6.07, 6.45) is 0.762. The highest BCUT2D eigenvalue weighted by atomic mass is 79.9. The number of hydrogen-bond donors (Lipinski definition) is 0. The minimum Gasteiger partial charge on any atom is -0.488 e. The first-order valence-electron chi connectivity index (χ1n) is 5.72. The van der Waals surface area contributed by atoms with Gasteiger partial charge in [0.15, 0.2) is 6.29 Å². The van der Waals surface area contributed by atoms with Crippen molar-refractivity contribution in [2.75, 3.05) is 0 Å². The monoisotopic (exact) mass is 322 g/mol. The van der Waals surface area contributed by atoms with Crippen LogP contribution in [0.2, 0.25) is 0 Å². The lowest BCUT2D eigenvalue weighted by Crippen LogP contribution is -2.00. The molecule has 2 aromatic rings. The molecule has 0 aliphatic carbocycles. The highest BCUT2D eigenvalue weighted by Crippen LogP contribution is 2.27. The van der Waals surface area contributed by atoms with Gasteiger partial charge in [0.05, 0.1) is 5.56 Å². The van der Waals surface area contributed by atoms with E-state index in [2.05, 4.69) is 15.9 Å². The molecule has 0 fully saturated rings. The number of hydrogen-bond acceptors (Lipinski definition) is 2. The van der Waals surface area contributed by atoms with E-state index in [-0.39, 0.29) is 5.82 Å². The number of aldehydes is 1. The molecule has 0 aliphatic heterocycles. The van der Waals surface area contributed by atoms with Gasteiger partial charge in [-0.25, -0.2) is 4.39 Å². The maximum absolute atomic E-state index is 12.8. The summed E-state index contributed by atoms with van der Waals surface area (Å²) in [6.45, 7) is 2.17. The molecule has 0 spiro atoms. The van der Waals surface area contributed by atoms with Crippen LogP contribution in [0.15, 0.2) is 40.9 Å². The summed E-state index contributed by atoms with van der Waals surface area (Å²) >= 11 is 3.34. The van der Waals surface area contributed by atoms with E-state index in [0.717, 1.165) is 21.9 Å². The second kappa shape index (κ2) is 5.97. The summed E-state index contributed by atoms with van der Waals surface area (Å²) in [5, 5.41) is 0. The molecule has 0 heterocycles. The molecule has 2 rings (SSSR count). The van der Waals surface area contributed by atoms with Crippen molar-refractivity contribution in [1.29, 1.82) is 0 Å². The first kappa shape index (κ1) is 13.7. The Labute approximate surface area is 119 Å². The Bertz CT molecular complexity index is 594. The Morgan fingerprint density at radius 3 is 2.58 bits per heavy atom.